The van der Waals surface area contributed by atoms with Crippen molar-refractivity contribution < 1.29 is 42.9 Å². The fraction of sp³-hybridized carbons (Fsp3) is 0.717. The van der Waals surface area contributed by atoms with Gasteiger partial charge in [0.25, 0.3) is 6.29 Å². The number of carboxylic acids is 1. The molecular formula is C60H104NO8+. The summed E-state index contributed by atoms with van der Waals surface area (Å²) in [6.07, 6.45) is 63.7. The smallest absolute Gasteiger partial charge is 0.361 e. The highest BCUT2D eigenvalue weighted by molar-refractivity contribution is 5.71. The van der Waals surface area contributed by atoms with Gasteiger partial charge in [0.1, 0.15) is 13.2 Å². The number of nitrogens with zero attached hydrogens (tertiary/aromatic N) is 1. The Balaban J connectivity index is 4.20. The third-order valence-electron chi connectivity index (χ3n) is 11.6. The molecule has 0 heterocycles. The minimum atomic E-state index is -1.51. The largest absolute Gasteiger partial charge is 0.477 e. The number of hydrogen-bond acceptors (Lipinski definition) is 7. The van der Waals surface area contributed by atoms with Gasteiger partial charge in [-0.1, -0.05) is 202 Å². The number of carbonyl (C=O) groups excluding carboxylic acids is 2. The molecule has 1 N–H and O–H groups in total. The summed E-state index contributed by atoms with van der Waals surface area (Å²) in [4.78, 5) is 37.3. The highest BCUT2D eigenvalue weighted by Gasteiger charge is 2.25. The first-order chi connectivity index (χ1) is 33.6. The number of unbranched alkanes of at least 4 members (excludes halogenated alkanes) is 21. The zero-order valence-corrected chi connectivity index (χ0v) is 44.9. The standard InChI is InChI=1S/C60H103NO8/c1-6-8-10-12-14-16-18-20-21-22-23-24-25-26-27-28-29-30-31-32-33-34-35-36-37-39-41-43-45-47-49-51-58(63)69-56(55-68-60(59(64)65)66-53-52-61(3,4)5)54-67-57(62)50-48-46-44-42-40-38-19-17-15-13-11-9-7-2/h8,10,14,16-17,19-21,23-24,26-27,29-30,56,60H,6-7,9,11-13,15,18,22,25,28,31-55H2,1-5H3/p+1/b10-8-,16-14-,19-17-,21-20-,24-23-,27-26-,30-29-. The third kappa shape index (κ3) is 52.1. The van der Waals surface area contributed by atoms with E-state index in [1.807, 2.05) is 21.1 Å². The molecule has 0 aliphatic heterocycles. The molecule has 0 fully saturated rings. The molecular weight excluding hydrogens is 863 g/mol. The molecule has 9 heteroatoms. The van der Waals surface area contributed by atoms with Gasteiger partial charge in [-0.25, -0.2) is 4.79 Å². The Hall–Kier alpha value is -3.53. The topological polar surface area (TPSA) is 108 Å². The van der Waals surface area contributed by atoms with Gasteiger partial charge in [0, 0.05) is 12.8 Å². The highest BCUT2D eigenvalue weighted by Crippen LogP contribution is 2.15. The Labute approximate surface area is 423 Å². The Morgan fingerprint density at radius 3 is 1.25 bits per heavy atom. The molecule has 0 saturated heterocycles. The molecule has 0 rings (SSSR count). The number of ether oxygens (including phenoxy) is 4. The predicted molar refractivity (Wildman–Crippen MR) is 290 cm³/mol. The molecule has 0 saturated carbocycles. The van der Waals surface area contributed by atoms with Gasteiger partial charge >= 0.3 is 17.9 Å². The van der Waals surface area contributed by atoms with Gasteiger partial charge in [-0.15, -0.1) is 0 Å². The summed E-state index contributed by atoms with van der Waals surface area (Å²) in [5.41, 5.74) is 0. The summed E-state index contributed by atoms with van der Waals surface area (Å²) in [5.74, 6) is -2.02. The van der Waals surface area contributed by atoms with Crippen LogP contribution < -0.4 is 0 Å². The lowest BCUT2D eigenvalue weighted by Gasteiger charge is -2.25. The second-order valence-electron chi connectivity index (χ2n) is 19.5. The summed E-state index contributed by atoms with van der Waals surface area (Å²) < 4.78 is 22.8. The first kappa shape index (κ1) is 65.5. The molecule has 2 atom stereocenters. The average molecular weight is 967 g/mol. The van der Waals surface area contributed by atoms with Gasteiger partial charge in [-0.3, -0.25) is 9.59 Å². The van der Waals surface area contributed by atoms with Crippen LogP contribution in [-0.2, 0) is 33.3 Å². The molecule has 0 aromatic heterocycles. The third-order valence-corrected chi connectivity index (χ3v) is 11.6. The molecule has 69 heavy (non-hydrogen) atoms. The Morgan fingerprint density at radius 1 is 0.449 bits per heavy atom. The fourth-order valence-corrected chi connectivity index (χ4v) is 7.36. The molecule has 0 aliphatic carbocycles. The van der Waals surface area contributed by atoms with Crippen LogP contribution in [0.4, 0.5) is 0 Å². The van der Waals surface area contributed by atoms with Crippen LogP contribution in [0.3, 0.4) is 0 Å². The van der Waals surface area contributed by atoms with Gasteiger partial charge in [-0.2, -0.15) is 0 Å². The van der Waals surface area contributed by atoms with Crippen molar-refractivity contribution in [1.29, 1.82) is 0 Å². The fourth-order valence-electron chi connectivity index (χ4n) is 7.36. The Morgan fingerprint density at radius 2 is 0.826 bits per heavy atom. The molecule has 396 valence electrons. The van der Waals surface area contributed by atoms with Crippen LogP contribution in [0, 0.1) is 0 Å². The maximum Gasteiger partial charge on any atom is 0.361 e. The minimum Gasteiger partial charge on any atom is -0.477 e. The van der Waals surface area contributed by atoms with Crippen molar-refractivity contribution in [3.63, 3.8) is 0 Å². The van der Waals surface area contributed by atoms with Crippen molar-refractivity contribution in [2.75, 3.05) is 47.5 Å². The zero-order valence-electron chi connectivity index (χ0n) is 44.9. The van der Waals surface area contributed by atoms with E-state index in [1.165, 1.54) is 89.9 Å². The molecule has 0 bridgehead atoms. The number of esters is 2. The molecule has 9 nitrogen and oxygen atoms in total. The number of carbonyl (C=O) groups is 3. The van der Waals surface area contributed by atoms with Crippen LogP contribution in [0.15, 0.2) is 85.1 Å². The first-order valence-corrected chi connectivity index (χ1v) is 27.8. The lowest BCUT2D eigenvalue weighted by Crippen LogP contribution is -2.40. The number of hydrogen-bond donors (Lipinski definition) is 1. The molecule has 2 unspecified atom stereocenters. The van der Waals surface area contributed by atoms with E-state index in [9.17, 15) is 19.5 Å². The second kappa shape index (κ2) is 50.8. The van der Waals surface area contributed by atoms with Crippen LogP contribution in [0.2, 0.25) is 0 Å². The summed E-state index contributed by atoms with van der Waals surface area (Å²) in [6.45, 7) is 4.73. The normalized spacial score (nSPS) is 13.5. The van der Waals surface area contributed by atoms with Crippen LogP contribution in [0.5, 0.6) is 0 Å². The van der Waals surface area contributed by atoms with E-state index in [4.69, 9.17) is 18.9 Å². The monoisotopic (exact) mass is 967 g/mol. The van der Waals surface area contributed by atoms with E-state index in [-0.39, 0.29) is 38.6 Å². The van der Waals surface area contributed by atoms with E-state index in [1.54, 1.807) is 0 Å². The van der Waals surface area contributed by atoms with E-state index in [2.05, 4.69) is 98.9 Å². The number of likely N-dealkylation sites (N-methyl/N-ethyl adjacent to an activating group) is 1. The lowest BCUT2D eigenvalue weighted by atomic mass is 10.0. The summed E-state index contributed by atoms with van der Waals surface area (Å²) >= 11 is 0. The summed E-state index contributed by atoms with van der Waals surface area (Å²) in [6, 6.07) is 0. The SMILES string of the molecule is CC/C=C\C/C=C\C/C=C\C/C=C\C/C=C\C/C=C\CCCCCCCCCCCCCCC(=O)OC(COC(=O)CCCCCCC/C=C\CCCCCC)COC(OCC[N+](C)(C)C)C(=O)O. The van der Waals surface area contributed by atoms with Gasteiger partial charge in [-0.05, 0) is 89.9 Å². The maximum atomic E-state index is 12.8. The van der Waals surface area contributed by atoms with Gasteiger partial charge in [0.05, 0.1) is 34.4 Å². The number of allylic oxidation sites excluding steroid dienone is 14. The van der Waals surface area contributed by atoms with E-state index in [0.717, 1.165) is 96.3 Å². The average Bonchev–Trinajstić information content (AvgIpc) is 3.31. The van der Waals surface area contributed by atoms with Crippen molar-refractivity contribution in [3.05, 3.63) is 85.1 Å². The molecule has 0 aromatic carbocycles. The summed E-state index contributed by atoms with van der Waals surface area (Å²) in [5, 5.41) is 9.68. The van der Waals surface area contributed by atoms with Crippen LogP contribution in [0.25, 0.3) is 0 Å². The molecule has 0 aliphatic rings. The number of aliphatic carboxylic acids is 1. The Kier molecular flexibility index (Phi) is 48.2. The van der Waals surface area contributed by atoms with Crippen molar-refractivity contribution in [2.45, 2.75) is 232 Å². The zero-order chi connectivity index (χ0) is 50.6. The van der Waals surface area contributed by atoms with Crippen molar-refractivity contribution in [1.82, 2.24) is 0 Å². The maximum absolute atomic E-state index is 12.8. The van der Waals surface area contributed by atoms with Crippen LogP contribution in [0.1, 0.15) is 219 Å². The number of quaternary nitrogens is 1. The van der Waals surface area contributed by atoms with Crippen molar-refractivity contribution >= 4 is 17.9 Å². The van der Waals surface area contributed by atoms with Crippen LogP contribution >= 0.6 is 0 Å². The molecule has 0 aromatic rings. The number of carboxylic acid groups (broad SMARTS) is 1. The molecule has 0 radical (unpaired) electrons. The second-order valence-corrected chi connectivity index (χ2v) is 19.5. The van der Waals surface area contributed by atoms with E-state index in [0.29, 0.717) is 17.4 Å². The van der Waals surface area contributed by atoms with E-state index >= 15 is 0 Å². The van der Waals surface area contributed by atoms with Gasteiger partial charge in [0.2, 0.25) is 0 Å². The van der Waals surface area contributed by atoms with Crippen molar-refractivity contribution in [3.8, 4) is 0 Å². The van der Waals surface area contributed by atoms with Gasteiger partial charge < -0.3 is 28.5 Å². The number of rotatable bonds is 50. The van der Waals surface area contributed by atoms with Crippen LogP contribution in [-0.4, -0.2) is 87.4 Å². The predicted octanol–water partition coefficient (Wildman–Crippen LogP) is 16.0. The van der Waals surface area contributed by atoms with Crippen molar-refractivity contribution in [2.24, 2.45) is 0 Å². The molecule has 0 spiro atoms. The Bertz CT molecular complexity index is 1400. The highest BCUT2D eigenvalue weighted by atomic mass is 16.7. The van der Waals surface area contributed by atoms with E-state index < -0.39 is 24.3 Å². The lowest BCUT2D eigenvalue weighted by molar-refractivity contribution is -0.870. The molecule has 0 amide bonds. The summed E-state index contributed by atoms with van der Waals surface area (Å²) in [7, 11) is 5.96. The first-order valence-electron chi connectivity index (χ1n) is 27.8. The quantitative estimate of drug-likeness (QED) is 0.0211. The van der Waals surface area contributed by atoms with Gasteiger partial charge in [0.15, 0.2) is 6.10 Å². The minimum absolute atomic E-state index is 0.183.